The van der Waals surface area contributed by atoms with E-state index in [0.717, 1.165) is 27.6 Å². The van der Waals surface area contributed by atoms with Gasteiger partial charge < -0.3 is 14.4 Å². The van der Waals surface area contributed by atoms with Crippen molar-refractivity contribution in [1.82, 2.24) is 9.88 Å². The second kappa shape index (κ2) is 8.12. The molecular formula is C22H22N2O3S. The number of benzene rings is 2. The van der Waals surface area contributed by atoms with Crippen LogP contribution in [-0.4, -0.2) is 42.6 Å². The number of ether oxygens (including phenoxy) is 2. The summed E-state index contributed by atoms with van der Waals surface area (Å²) in [6.07, 6.45) is -0.0896. The third-order valence-corrected chi connectivity index (χ3v) is 6.05. The molecule has 2 aromatic carbocycles. The molecule has 1 amide bonds. The zero-order valence-corrected chi connectivity index (χ0v) is 16.7. The quantitative estimate of drug-likeness (QED) is 0.661. The first-order chi connectivity index (χ1) is 13.7. The maximum atomic E-state index is 13.2. The topological polar surface area (TPSA) is 51.7 Å². The molecule has 1 saturated heterocycles. The van der Waals surface area contributed by atoms with E-state index in [-0.39, 0.29) is 12.0 Å². The van der Waals surface area contributed by atoms with Crippen LogP contribution in [0.2, 0.25) is 0 Å². The number of carbonyl (C=O) groups is 1. The first kappa shape index (κ1) is 18.7. The highest BCUT2D eigenvalue weighted by atomic mass is 32.1. The summed E-state index contributed by atoms with van der Waals surface area (Å²) in [7, 11) is 1.64. The number of amides is 1. The predicted molar refractivity (Wildman–Crippen MR) is 110 cm³/mol. The average molecular weight is 394 g/mol. The van der Waals surface area contributed by atoms with Crippen LogP contribution in [0.25, 0.3) is 10.6 Å². The molecule has 0 aliphatic carbocycles. The van der Waals surface area contributed by atoms with Crippen molar-refractivity contribution in [2.75, 3.05) is 26.8 Å². The number of thiazole rings is 1. The van der Waals surface area contributed by atoms with E-state index < -0.39 is 0 Å². The van der Waals surface area contributed by atoms with E-state index in [2.05, 4.69) is 4.98 Å². The van der Waals surface area contributed by atoms with Crippen LogP contribution >= 0.6 is 11.3 Å². The van der Waals surface area contributed by atoms with E-state index >= 15 is 0 Å². The van der Waals surface area contributed by atoms with Crippen molar-refractivity contribution in [3.8, 4) is 16.3 Å². The molecule has 1 unspecified atom stereocenters. The van der Waals surface area contributed by atoms with Gasteiger partial charge in [-0.15, -0.1) is 11.3 Å². The first-order valence-electron chi connectivity index (χ1n) is 9.23. The summed E-state index contributed by atoms with van der Waals surface area (Å²) in [4.78, 5) is 20.4. The fraction of sp³-hybridized carbons (Fsp3) is 0.273. The van der Waals surface area contributed by atoms with Gasteiger partial charge in [0, 0.05) is 12.1 Å². The molecule has 28 heavy (non-hydrogen) atoms. The maximum Gasteiger partial charge on any atom is 0.266 e. The highest BCUT2D eigenvalue weighted by Crippen LogP contribution is 2.31. The monoisotopic (exact) mass is 394 g/mol. The highest BCUT2D eigenvalue weighted by molar-refractivity contribution is 7.17. The third-order valence-electron chi connectivity index (χ3n) is 4.85. The fourth-order valence-corrected chi connectivity index (χ4v) is 4.34. The van der Waals surface area contributed by atoms with Crippen LogP contribution in [0.1, 0.15) is 27.0 Å². The molecule has 1 atom stereocenters. The zero-order chi connectivity index (χ0) is 19.5. The summed E-state index contributed by atoms with van der Waals surface area (Å²) in [6, 6.07) is 17.8. The van der Waals surface area contributed by atoms with Gasteiger partial charge >= 0.3 is 0 Å². The SMILES string of the molecule is COc1ccc(-c2nc(C)c(C(=O)N3CCOC(c4ccccc4)C3)s2)cc1. The van der Waals surface area contributed by atoms with Crippen molar-refractivity contribution in [3.05, 3.63) is 70.7 Å². The number of hydrogen-bond donors (Lipinski definition) is 0. The largest absolute Gasteiger partial charge is 0.497 e. The molecule has 4 rings (SSSR count). The summed E-state index contributed by atoms with van der Waals surface area (Å²) in [6.45, 7) is 3.58. The van der Waals surface area contributed by atoms with Crippen LogP contribution in [0.5, 0.6) is 5.75 Å². The van der Waals surface area contributed by atoms with Gasteiger partial charge in [0.2, 0.25) is 0 Å². The molecule has 1 aliphatic heterocycles. The third kappa shape index (κ3) is 3.79. The first-order valence-corrected chi connectivity index (χ1v) is 10.0. The number of aryl methyl sites for hydroxylation is 1. The van der Waals surface area contributed by atoms with Crippen molar-refractivity contribution in [2.45, 2.75) is 13.0 Å². The summed E-state index contributed by atoms with van der Waals surface area (Å²) in [5, 5.41) is 0.844. The predicted octanol–water partition coefficient (Wildman–Crippen LogP) is 4.34. The molecule has 1 aliphatic rings. The van der Waals surface area contributed by atoms with Gasteiger partial charge in [-0.3, -0.25) is 4.79 Å². The van der Waals surface area contributed by atoms with Gasteiger partial charge in [0.15, 0.2) is 0 Å². The molecule has 1 aromatic heterocycles. The summed E-state index contributed by atoms with van der Waals surface area (Å²) >= 11 is 1.44. The van der Waals surface area contributed by atoms with E-state index in [1.54, 1.807) is 7.11 Å². The average Bonchev–Trinajstić information content (AvgIpc) is 3.15. The van der Waals surface area contributed by atoms with E-state index in [0.29, 0.717) is 24.6 Å². The Labute approximate surface area is 168 Å². The number of morpholine rings is 1. The molecule has 2 heterocycles. The van der Waals surface area contributed by atoms with E-state index in [4.69, 9.17) is 9.47 Å². The minimum Gasteiger partial charge on any atom is -0.497 e. The maximum absolute atomic E-state index is 13.2. The molecule has 5 nitrogen and oxygen atoms in total. The molecule has 0 N–H and O–H groups in total. The van der Waals surface area contributed by atoms with Gasteiger partial charge in [-0.1, -0.05) is 30.3 Å². The van der Waals surface area contributed by atoms with Crippen LogP contribution in [0, 0.1) is 6.92 Å². The molecule has 0 spiro atoms. The standard InChI is InChI=1S/C22H22N2O3S/c1-15-20(28-21(23-15)17-8-10-18(26-2)11-9-17)22(25)24-12-13-27-19(14-24)16-6-4-3-5-7-16/h3-11,19H,12-14H2,1-2H3. The summed E-state index contributed by atoms with van der Waals surface area (Å²) < 4.78 is 11.1. The lowest BCUT2D eigenvalue weighted by Crippen LogP contribution is -2.42. The molecule has 3 aromatic rings. The summed E-state index contributed by atoms with van der Waals surface area (Å²) in [5.74, 6) is 0.826. The Hall–Kier alpha value is -2.70. The second-order valence-electron chi connectivity index (χ2n) is 6.68. The van der Waals surface area contributed by atoms with Crippen molar-refractivity contribution in [1.29, 1.82) is 0 Å². The van der Waals surface area contributed by atoms with Crippen molar-refractivity contribution >= 4 is 17.2 Å². The van der Waals surface area contributed by atoms with Gasteiger partial charge in [-0.2, -0.15) is 0 Å². The molecule has 0 saturated carbocycles. The number of rotatable bonds is 4. The van der Waals surface area contributed by atoms with Crippen molar-refractivity contribution in [3.63, 3.8) is 0 Å². The molecule has 0 bridgehead atoms. The smallest absolute Gasteiger partial charge is 0.266 e. The number of aromatic nitrogens is 1. The minimum atomic E-state index is -0.0896. The van der Waals surface area contributed by atoms with Crippen LogP contribution in [0.3, 0.4) is 0 Å². The van der Waals surface area contributed by atoms with Gasteiger partial charge in [0.25, 0.3) is 5.91 Å². The minimum absolute atomic E-state index is 0.0268. The Morgan fingerprint density at radius 1 is 1.18 bits per heavy atom. The van der Waals surface area contributed by atoms with E-state index in [9.17, 15) is 4.79 Å². The number of carbonyl (C=O) groups excluding carboxylic acids is 1. The molecular weight excluding hydrogens is 372 g/mol. The normalized spacial score (nSPS) is 16.8. The lowest BCUT2D eigenvalue weighted by atomic mass is 10.1. The lowest BCUT2D eigenvalue weighted by molar-refractivity contribution is -0.0226. The Kier molecular flexibility index (Phi) is 5.41. The fourth-order valence-electron chi connectivity index (χ4n) is 3.30. The van der Waals surface area contributed by atoms with Gasteiger partial charge in [-0.05, 0) is 36.8 Å². The highest BCUT2D eigenvalue weighted by Gasteiger charge is 2.28. The number of nitrogens with zero attached hydrogens (tertiary/aromatic N) is 2. The van der Waals surface area contributed by atoms with Crippen LogP contribution in [0.15, 0.2) is 54.6 Å². The Morgan fingerprint density at radius 3 is 2.64 bits per heavy atom. The molecule has 144 valence electrons. The molecule has 1 fully saturated rings. The number of methoxy groups -OCH3 is 1. The summed E-state index contributed by atoms with van der Waals surface area (Å²) in [5.41, 5.74) is 2.85. The zero-order valence-electron chi connectivity index (χ0n) is 15.9. The second-order valence-corrected chi connectivity index (χ2v) is 7.68. The van der Waals surface area contributed by atoms with Crippen LogP contribution in [0.4, 0.5) is 0 Å². The van der Waals surface area contributed by atoms with E-state index in [1.165, 1.54) is 11.3 Å². The van der Waals surface area contributed by atoms with Crippen molar-refractivity contribution in [2.24, 2.45) is 0 Å². The number of hydrogen-bond acceptors (Lipinski definition) is 5. The Bertz CT molecular complexity index is 954. The van der Waals surface area contributed by atoms with Crippen LogP contribution in [-0.2, 0) is 4.74 Å². The van der Waals surface area contributed by atoms with Gasteiger partial charge in [0.05, 0.1) is 26.0 Å². The van der Waals surface area contributed by atoms with E-state index in [1.807, 2.05) is 66.4 Å². The van der Waals surface area contributed by atoms with Crippen LogP contribution < -0.4 is 4.74 Å². The van der Waals surface area contributed by atoms with Gasteiger partial charge in [-0.25, -0.2) is 4.98 Å². The Morgan fingerprint density at radius 2 is 1.93 bits per heavy atom. The van der Waals surface area contributed by atoms with Gasteiger partial charge in [0.1, 0.15) is 21.7 Å². The Balaban J connectivity index is 1.53. The van der Waals surface area contributed by atoms with Crippen molar-refractivity contribution < 1.29 is 14.3 Å². The molecule has 0 radical (unpaired) electrons. The molecule has 6 heteroatoms. The lowest BCUT2D eigenvalue weighted by Gasteiger charge is -2.33.